The van der Waals surface area contributed by atoms with E-state index in [0.29, 0.717) is 11.9 Å². The van der Waals surface area contributed by atoms with Crippen LogP contribution in [0.5, 0.6) is 0 Å². The molecule has 104 valence electrons. The summed E-state index contributed by atoms with van der Waals surface area (Å²) in [6.07, 6.45) is 7.09. The molecule has 0 aromatic carbocycles. The molecular weight excluding hydrogens is 341 g/mol. The van der Waals surface area contributed by atoms with Crippen molar-refractivity contribution in [3.8, 4) is 0 Å². The minimum absolute atomic E-state index is 0. The van der Waals surface area contributed by atoms with Crippen LogP contribution in [0.25, 0.3) is 0 Å². The van der Waals surface area contributed by atoms with Crippen molar-refractivity contribution >= 4 is 29.9 Å². The van der Waals surface area contributed by atoms with Crippen LogP contribution < -0.4 is 11.1 Å². The summed E-state index contributed by atoms with van der Waals surface area (Å²) in [5.74, 6) is 1.82. The first kappa shape index (κ1) is 15.8. The van der Waals surface area contributed by atoms with Crippen LogP contribution in [0.15, 0.2) is 17.6 Å². The molecule has 2 atom stereocenters. The standard InChI is InChI=1S/C13H23N3O.HI/c1-2-12-11(6-7-17-12)9-16-13(14)15-8-10-4-3-5-10;/h2,10-12H,1,3-9H2,(H3,14,15,16);1H/t11-,12-;/m0./s1. The van der Waals surface area contributed by atoms with E-state index >= 15 is 0 Å². The van der Waals surface area contributed by atoms with Crippen LogP contribution in [-0.2, 0) is 4.74 Å². The average Bonchev–Trinajstić information content (AvgIpc) is 2.71. The number of nitrogens with two attached hydrogens (primary N) is 1. The molecule has 2 aliphatic rings. The number of rotatable bonds is 5. The zero-order valence-corrected chi connectivity index (χ0v) is 13.1. The molecule has 0 radical (unpaired) electrons. The zero-order chi connectivity index (χ0) is 12.1. The van der Waals surface area contributed by atoms with Crippen LogP contribution in [-0.4, -0.2) is 31.8 Å². The van der Waals surface area contributed by atoms with E-state index in [-0.39, 0.29) is 30.1 Å². The highest BCUT2D eigenvalue weighted by atomic mass is 127. The first-order chi connectivity index (χ1) is 8.29. The quantitative estimate of drug-likeness (QED) is 0.339. The largest absolute Gasteiger partial charge is 0.374 e. The van der Waals surface area contributed by atoms with E-state index in [2.05, 4.69) is 16.9 Å². The normalized spacial score (nSPS) is 28.3. The number of hydrogen-bond donors (Lipinski definition) is 2. The predicted octanol–water partition coefficient (Wildman–Crippen LogP) is 1.90. The number of aliphatic imine (C=N–C) groups is 1. The second kappa shape index (κ2) is 7.99. The zero-order valence-electron chi connectivity index (χ0n) is 10.8. The molecule has 0 spiro atoms. The van der Waals surface area contributed by atoms with Crippen molar-refractivity contribution in [2.45, 2.75) is 31.8 Å². The lowest BCUT2D eigenvalue weighted by Gasteiger charge is -2.23. The Balaban J connectivity index is 0.00000162. The maximum atomic E-state index is 5.84. The maximum absolute atomic E-state index is 5.84. The highest BCUT2D eigenvalue weighted by Gasteiger charge is 2.25. The second-order valence-corrected chi connectivity index (χ2v) is 5.02. The van der Waals surface area contributed by atoms with Gasteiger partial charge < -0.3 is 15.8 Å². The molecule has 1 aliphatic heterocycles. The Morgan fingerprint density at radius 1 is 1.44 bits per heavy atom. The lowest BCUT2D eigenvalue weighted by Crippen LogP contribution is -2.37. The molecule has 1 aliphatic carbocycles. The molecule has 0 aromatic rings. The van der Waals surface area contributed by atoms with Crippen LogP contribution in [0.2, 0.25) is 0 Å². The summed E-state index contributed by atoms with van der Waals surface area (Å²) in [7, 11) is 0. The first-order valence-corrected chi connectivity index (χ1v) is 6.57. The van der Waals surface area contributed by atoms with Crippen LogP contribution >= 0.6 is 24.0 Å². The van der Waals surface area contributed by atoms with Gasteiger partial charge in [-0.1, -0.05) is 12.5 Å². The second-order valence-electron chi connectivity index (χ2n) is 5.02. The SMILES string of the molecule is C=C[C@@H]1OCC[C@H]1CNC(N)=NCC1CCC1.I. The van der Waals surface area contributed by atoms with Crippen LogP contribution in [0.3, 0.4) is 0 Å². The third-order valence-electron chi connectivity index (χ3n) is 3.79. The van der Waals surface area contributed by atoms with E-state index in [1.165, 1.54) is 19.3 Å². The van der Waals surface area contributed by atoms with Crippen molar-refractivity contribution in [3.63, 3.8) is 0 Å². The lowest BCUT2D eigenvalue weighted by atomic mass is 9.86. The van der Waals surface area contributed by atoms with Gasteiger partial charge in [-0.2, -0.15) is 0 Å². The number of hydrogen-bond acceptors (Lipinski definition) is 2. The third kappa shape index (κ3) is 4.42. The number of halogens is 1. The van der Waals surface area contributed by atoms with Crippen molar-refractivity contribution in [1.29, 1.82) is 0 Å². The molecule has 1 saturated carbocycles. The lowest BCUT2D eigenvalue weighted by molar-refractivity contribution is 0.128. The van der Waals surface area contributed by atoms with Gasteiger partial charge in [-0.15, -0.1) is 30.6 Å². The monoisotopic (exact) mass is 365 g/mol. The Morgan fingerprint density at radius 2 is 2.22 bits per heavy atom. The van der Waals surface area contributed by atoms with E-state index in [1.807, 2.05) is 6.08 Å². The van der Waals surface area contributed by atoms with Crippen molar-refractivity contribution in [3.05, 3.63) is 12.7 Å². The molecule has 1 saturated heterocycles. The smallest absolute Gasteiger partial charge is 0.188 e. The summed E-state index contributed by atoms with van der Waals surface area (Å²) in [6, 6.07) is 0. The fraction of sp³-hybridized carbons (Fsp3) is 0.769. The third-order valence-corrected chi connectivity index (χ3v) is 3.79. The number of nitrogens with zero attached hydrogens (tertiary/aromatic N) is 1. The number of nitrogens with one attached hydrogen (secondary N) is 1. The van der Waals surface area contributed by atoms with E-state index in [4.69, 9.17) is 10.5 Å². The Hall–Kier alpha value is -0.300. The summed E-state index contributed by atoms with van der Waals surface area (Å²) >= 11 is 0. The summed E-state index contributed by atoms with van der Waals surface area (Å²) in [5.41, 5.74) is 5.84. The van der Waals surface area contributed by atoms with Gasteiger partial charge in [0.15, 0.2) is 5.96 Å². The molecule has 0 aromatic heterocycles. The van der Waals surface area contributed by atoms with Gasteiger partial charge in [0.25, 0.3) is 0 Å². The molecule has 5 heteroatoms. The number of guanidine groups is 1. The minimum Gasteiger partial charge on any atom is -0.374 e. The van der Waals surface area contributed by atoms with Crippen LogP contribution in [0.1, 0.15) is 25.7 Å². The summed E-state index contributed by atoms with van der Waals surface area (Å²) < 4.78 is 5.53. The predicted molar refractivity (Wildman–Crippen MR) is 85.3 cm³/mol. The average molecular weight is 365 g/mol. The van der Waals surface area contributed by atoms with Crippen LogP contribution in [0, 0.1) is 11.8 Å². The number of ether oxygens (including phenoxy) is 1. The van der Waals surface area contributed by atoms with Gasteiger partial charge in [0.2, 0.25) is 0 Å². The molecule has 0 amide bonds. The van der Waals surface area contributed by atoms with Crippen molar-refractivity contribution < 1.29 is 4.74 Å². The molecular formula is C13H24IN3O. The minimum atomic E-state index is 0. The highest BCUT2D eigenvalue weighted by molar-refractivity contribution is 14.0. The molecule has 2 fully saturated rings. The topological polar surface area (TPSA) is 59.6 Å². The Kier molecular flexibility index (Phi) is 6.99. The van der Waals surface area contributed by atoms with E-state index in [1.54, 1.807) is 0 Å². The molecule has 18 heavy (non-hydrogen) atoms. The maximum Gasteiger partial charge on any atom is 0.188 e. The van der Waals surface area contributed by atoms with Gasteiger partial charge in [0, 0.05) is 25.6 Å². The van der Waals surface area contributed by atoms with Gasteiger partial charge in [0.05, 0.1) is 6.10 Å². The van der Waals surface area contributed by atoms with Crippen molar-refractivity contribution in [2.24, 2.45) is 22.6 Å². The molecule has 0 unspecified atom stereocenters. The summed E-state index contributed by atoms with van der Waals surface area (Å²) in [5, 5.41) is 3.19. The molecule has 1 heterocycles. The van der Waals surface area contributed by atoms with Gasteiger partial charge in [-0.3, -0.25) is 4.99 Å². The highest BCUT2D eigenvalue weighted by Crippen LogP contribution is 2.26. The van der Waals surface area contributed by atoms with Gasteiger partial charge in [-0.05, 0) is 25.2 Å². The van der Waals surface area contributed by atoms with Crippen molar-refractivity contribution in [1.82, 2.24) is 5.32 Å². The van der Waals surface area contributed by atoms with E-state index in [0.717, 1.165) is 32.0 Å². The Bertz CT molecular complexity index is 292. The summed E-state index contributed by atoms with van der Waals surface area (Å²) in [6.45, 7) is 6.32. The van der Waals surface area contributed by atoms with E-state index in [9.17, 15) is 0 Å². The Morgan fingerprint density at radius 3 is 2.83 bits per heavy atom. The Labute approximate surface area is 126 Å². The summed E-state index contributed by atoms with van der Waals surface area (Å²) in [4.78, 5) is 4.37. The van der Waals surface area contributed by atoms with E-state index < -0.39 is 0 Å². The fourth-order valence-electron chi connectivity index (χ4n) is 2.33. The van der Waals surface area contributed by atoms with Gasteiger partial charge in [0.1, 0.15) is 0 Å². The van der Waals surface area contributed by atoms with Gasteiger partial charge >= 0.3 is 0 Å². The molecule has 0 bridgehead atoms. The van der Waals surface area contributed by atoms with Gasteiger partial charge in [-0.25, -0.2) is 0 Å². The van der Waals surface area contributed by atoms with Crippen LogP contribution in [0.4, 0.5) is 0 Å². The molecule has 2 rings (SSSR count). The molecule has 4 nitrogen and oxygen atoms in total. The van der Waals surface area contributed by atoms with Crippen molar-refractivity contribution in [2.75, 3.05) is 19.7 Å². The molecule has 3 N–H and O–H groups in total. The fourth-order valence-corrected chi connectivity index (χ4v) is 2.33. The first-order valence-electron chi connectivity index (χ1n) is 6.57.